The van der Waals surface area contributed by atoms with Crippen LogP contribution in [0.3, 0.4) is 0 Å². The molecule has 0 aliphatic carbocycles. The molecule has 0 fully saturated rings. The van der Waals surface area contributed by atoms with Crippen molar-refractivity contribution in [2.75, 3.05) is 11.9 Å². The Morgan fingerprint density at radius 2 is 1.75 bits per heavy atom. The van der Waals surface area contributed by atoms with Crippen LogP contribution in [0.25, 0.3) is 0 Å². The molecule has 0 spiro atoms. The predicted molar refractivity (Wildman–Crippen MR) is 80.3 cm³/mol. The number of nitrogens with one attached hydrogen (secondary N) is 1. The average Bonchev–Trinajstić information content (AvgIpc) is 2.41. The Bertz CT molecular complexity index is 447. The topological polar surface area (TPSA) is 75.1 Å². The molecule has 1 aromatic rings. The van der Waals surface area contributed by atoms with Crippen LogP contribution in [0.2, 0.25) is 0 Å². The lowest BCUT2D eigenvalue weighted by Gasteiger charge is -2.11. The van der Waals surface area contributed by atoms with Crippen LogP contribution in [-0.4, -0.2) is 27.8 Å². The zero-order valence-corrected chi connectivity index (χ0v) is 12.7. The van der Waals surface area contributed by atoms with E-state index in [9.17, 15) is 9.90 Å². The van der Waals surface area contributed by atoms with Crippen LogP contribution in [0.5, 0.6) is 0 Å². The van der Waals surface area contributed by atoms with Crippen LogP contribution in [0.4, 0.5) is 5.82 Å². The molecule has 2 N–H and O–H groups in total. The molecule has 0 radical (unpaired) electrons. The molecular formula is C15H25N3O2. The molecule has 1 heterocycles. The van der Waals surface area contributed by atoms with Crippen molar-refractivity contribution in [2.45, 2.75) is 59.3 Å². The minimum absolute atomic E-state index is 0.239. The molecule has 0 atom stereocenters. The maximum Gasteiger partial charge on any atom is 0.339 e. The summed E-state index contributed by atoms with van der Waals surface area (Å²) in [4.78, 5) is 11.3. The van der Waals surface area contributed by atoms with Crippen molar-refractivity contribution in [1.29, 1.82) is 0 Å². The van der Waals surface area contributed by atoms with E-state index in [1.807, 2.05) is 0 Å². The number of carbonyl (C=O) groups is 1. The van der Waals surface area contributed by atoms with Crippen molar-refractivity contribution in [3.05, 3.63) is 16.8 Å². The maximum absolute atomic E-state index is 11.3. The number of nitrogens with zero attached hydrogens (tertiary/aromatic N) is 2. The van der Waals surface area contributed by atoms with Crippen LogP contribution < -0.4 is 5.32 Å². The van der Waals surface area contributed by atoms with Crippen LogP contribution in [0, 0.1) is 13.8 Å². The highest BCUT2D eigenvalue weighted by atomic mass is 16.4. The van der Waals surface area contributed by atoms with Crippen molar-refractivity contribution in [3.8, 4) is 0 Å². The third kappa shape index (κ3) is 4.79. The van der Waals surface area contributed by atoms with Crippen molar-refractivity contribution in [2.24, 2.45) is 0 Å². The van der Waals surface area contributed by atoms with Crippen molar-refractivity contribution in [3.63, 3.8) is 0 Å². The van der Waals surface area contributed by atoms with Gasteiger partial charge in [0.1, 0.15) is 5.56 Å². The number of hydrogen-bond acceptors (Lipinski definition) is 4. The Hall–Kier alpha value is -1.65. The largest absolute Gasteiger partial charge is 0.478 e. The number of rotatable bonds is 9. The van der Waals surface area contributed by atoms with Gasteiger partial charge in [-0.25, -0.2) is 4.79 Å². The fourth-order valence-corrected chi connectivity index (χ4v) is 2.11. The van der Waals surface area contributed by atoms with Crippen LogP contribution >= 0.6 is 0 Å². The Morgan fingerprint density at radius 3 is 2.40 bits per heavy atom. The number of anilines is 1. The lowest BCUT2D eigenvalue weighted by atomic mass is 10.1. The van der Waals surface area contributed by atoms with Gasteiger partial charge in [-0.05, 0) is 25.8 Å². The molecule has 112 valence electrons. The molecule has 0 unspecified atom stereocenters. The predicted octanol–water partition coefficient (Wildman–Crippen LogP) is 3.56. The summed E-state index contributed by atoms with van der Waals surface area (Å²) >= 11 is 0. The van der Waals surface area contributed by atoms with Gasteiger partial charge in [-0.1, -0.05) is 39.0 Å². The summed E-state index contributed by atoms with van der Waals surface area (Å²) in [7, 11) is 0. The number of aromatic carboxylic acids is 1. The summed E-state index contributed by atoms with van der Waals surface area (Å²) in [5, 5.41) is 20.3. The van der Waals surface area contributed by atoms with E-state index < -0.39 is 5.97 Å². The molecule has 0 aliphatic heterocycles. The zero-order valence-electron chi connectivity index (χ0n) is 12.7. The number of unbranched alkanes of at least 4 members (excludes halogenated alkanes) is 5. The third-order valence-corrected chi connectivity index (χ3v) is 3.49. The second kappa shape index (κ2) is 8.51. The van der Waals surface area contributed by atoms with Gasteiger partial charge in [0.2, 0.25) is 0 Å². The molecule has 0 saturated carbocycles. The minimum atomic E-state index is -0.953. The highest BCUT2D eigenvalue weighted by Gasteiger charge is 2.17. The average molecular weight is 279 g/mol. The Morgan fingerprint density at radius 1 is 1.10 bits per heavy atom. The smallest absolute Gasteiger partial charge is 0.339 e. The van der Waals surface area contributed by atoms with Crippen LogP contribution in [-0.2, 0) is 0 Å². The summed E-state index contributed by atoms with van der Waals surface area (Å²) in [6, 6.07) is 0. The Kier molecular flexibility index (Phi) is 6.98. The lowest BCUT2D eigenvalue weighted by Crippen LogP contribution is -2.13. The van der Waals surface area contributed by atoms with E-state index in [2.05, 4.69) is 22.4 Å². The van der Waals surface area contributed by atoms with Gasteiger partial charge in [-0.3, -0.25) is 0 Å². The molecule has 0 bridgehead atoms. The minimum Gasteiger partial charge on any atom is -0.478 e. The van der Waals surface area contributed by atoms with Gasteiger partial charge in [-0.15, -0.1) is 5.10 Å². The Balaban J connectivity index is 2.48. The summed E-state index contributed by atoms with van der Waals surface area (Å²) in [6.07, 6.45) is 7.24. The maximum atomic E-state index is 11.3. The lowest BCUT2D eigenvalue weighted by molar-refractivity contribution is 0.0696. The van der Waals surface area contributed by atoms with Crippen molar-refractivity contribution in [1.82, 2.24) is 10.2 Å². The number of aromatic nitrogens is 2. The van der Waals surface area contributed by atoms with E-state index in [1.165, 1.54) is 25.7 Å². The quantitative estimate of drug-likeness (QED) is 0.676. The SMILES string of the molecule is CCCCCCCCNc1nnc(C)c(C)c1C(=O)O. The molecule has 0 saturated heterocycles. The molecule has 5 nitrogen and oxygen atoms in total. The van der Waals surface area contributed by atoms with Gasteiger partial charge in [0, 0.05) is 6.54 Å². The highest BCUT2D eigenvalue weighted by molar-refractivity contribution is 5.94. The summed E-state index contributed by atoms with van der Waals surface area (Å²) < 4.78 is 0. The first kappa shape index (κ1) is 16.4. The normalized spacial score (nSPS) is 10.6. The number of hydrogen-bond donors (Lipinski definition) is 2. The van der Waals surface area contributed by atoms with E-state index in [1.54, 1.807) is 13.8 Å². The van der Waals surface area contributed by atoms with E-state index >= 15 is 0 Å². The van der Waals surface area contributed by atoms with Crippen LogP contribution in [0.1, 0.15) is 67.1 Å². The van der Waals surface area contributed by atoms with E-state index in [0.717, 1.165) is 19.4 Å². The summed E-state index contributed by atoms with van der Waals surface area (Å²) in [5.74, 6) is -0.569. The molecule has 1 aromatic heterocycles. The zero-order chi connectivity index (χ0) is 15.0. The van der Waals surface area contributed by atoms with E-state index in [0.29, 0.717) is 17.1 Å². The molecular weight excluding hydrogens is 254 g/mol. The molecule has 0 amide bonds. The third-order valence-electron chi connectivity index (χ3n) is 3.49. The molecule has 0 aromatic carbocycles. The second-order valence-corrected chi connectivity index (χ2v) is 5.13. The number of carboxylic acids is 1. The van der Waals surface area contributed by atoms with Gasteiger partial charge in [0.15, 0.2) is 5.82 Å². The van der Waals surface area contributed by atoms with Crippen molar-refractivity contribution >= 4 is 11.8 Å². The van der Waals surface area contributed by atoms with Crippen molar-refractivity contribution < 1.29 is 9.90 Å². The highest BCUT2D eigenvalue weighted by Crippen LogP contribution is 2.18. The first-order valence-electron chi connectivity index (χ1n) is 7.39. The molecule has 0 aliphatic rings. The van der Waals surface area contributed by atoms with E-state index in [-0.39, 0.29) is 5.56 Å². The first-order chi connectivity index (χ1) is 9.57. The van der Waals surface area contributed by atoms with Gasteiger partial charge in [-0.2, -0.15) is 5.10 Å². The van der Waals surface area contributed by atoms with Gasteiger partial charge in [0.25, 0.3) is 0 Å². The van der Waals surface area contributed by atoms with Gasteiger partial charge < -0.3 is 10.4 Å². The number of aryl methyl sites for hydroxylation is 1. The van der Waals surface area contributed by atoms with Crippen LogP contribution in [0.15, 0.2) is 0 Å². The van der Waals surface area contributed by atoms with Gasteiger partial charge >= 0.3 is 5.97 Å². The molecule has 1 rings (SSSR count). The molecule has 5 heteroatoms. The standard InChI is InChI=1S/C15H25N3O2/c1-4-5-6-7-8-9-10-16-14-13(15(19)20)11(2)12(3)17-18-14/h4-10H2,1-3H3,(H,16,18)(H,19,20). The second-order valence-electron chi connectivity index (χ2n) is 5.13. The van der Waals surface area contributed by atoms with E-state index in [4.69, 9.17) is 0 Å². The first-order valence-corrected chi connectivity index (χ1v) is 7.39. The number of carboxylic acid groups (broad SMARTS) is 1. The fourth-order valence-electron chi connectivity index (χ4n) is 2.11. The molecule has 20 heavy (non-hydrogen) atoms. The summed E-state index contributed by atoms with van der Waals surface area (Å²) in [6.45, 7) is 6.48. The van der Waals surface area contributed by atoms with Gasteiger partial charge in [0.05, 0.1) is 5.69 Å². The Labute approximate surface area is 120 Å². The summed E-state index contributed by atoms with van der Waals surface area (Å²) in [5.41, 5.74) is 1.58. The fraction of sp³-hybridized carbons (Fsp3) is 0.667. The monoisotopic (exact) mass is 279 g/mol.